The molecule has 0 spiro atoms. The Hall–Kier alpha value is -5.58. The van der Waals surface area contributed by atoms with Gasteiger partial charge in [0, 0.05) is 13.0 Å². The number of carboxylic acid groups (broad SMARTS) is 2. The van der Waals surface area contributed by atoms with Crippen molar-refractivity contribution in [3.8, 4) is 0 Å². The molecule has 23 nitrogen and oxygen atoms in total. The van der Waals surface area contributed by atoms with Gasteiger partial charge in [-0.2, -0.15) is 0 Å². The van der Waals surface area contributed by atoms with Gasteiger partial charge in [-0.15, -0.1) is 0 Å². The van der Waals surface area contributed by atoms with Crippen LogP contribution in [-0.2, 0) is 43.2 Å². The molecule has 0 saturated heterocycles. The van der Waals surface area contributed by atoms with E-state index in [9.17, 15) is 53.4 Å². The molecule has 0 aliphatic heterocycles. The standard InChI is InChI=1S/C35H63N11O12/c1-16(2)12-22(31(54)44-23(34(57)58)13-17(3)4)43-29(52)20(8-7-11-40-35(38)39)42-32(55)24(15-47)45-33(56)27(18(5)6)46-30(53)21(9-10-25(37)48)41-28(51)19(36)14-26(49)50/h16-24,27,47H,7-15,36H2,1-6H3,(H2,37,48)(H,41,51)(H,42,55)(H,43,52)(H,44,54)(H,45,56)(H,46,53)(H,49,50)(H,57,58)(H4,38,39,40)/t19-,20-,21-,22-,23-,24-,27-/m0/s1. The average molecular weight is 830 g/mol. The minimum absolute atomic E-state index is 0.0796. The van der Waals surface area contributed by atoms with Crippen LogP contribution >= 0.6 is 0 Å². The largest absolute Gasteiger partial charge is 0.481 e. The molecule has 0 unspecified atom stereocenters. The Morgan fingerprint density at radius 2 is 1.05 bits per heavy atom. The average Bonchev–Trinajstić information content (AvgIpc) is 3.10. The number of rotatable bonds is 28. The minimum atomic E-state index is -1.70. The molecule has 0 fully saturated rings. The van der Waals surface area contributed by atoms with Crippen LogP contribution in [0.5, 0.6) is 0 Å². The van der Waals surface area contributed by atoms with E-state index in [4.69, 9.17) is 27.7 Å². The van der Waals surface area contributed by atoms with Gasteiger partial charge in [0.05, 0.1) is 19.1 Å². The summed E-state index contributed by atoms with van der Waals surface area (Å²) in [6, 6.07) is -9.99. The third-order valence-electron chi connectivity index (χ3n) is 8.39. The zero-order valence-electron chi connectivity index (χ0n) is 33.9. The Labute approximate surface area is 337 Å². The fourth-order valence-corrected chi connectivity index (χ4v) is 5.37. The van der Waals surface area contributed by atoms with Gasteiger partial charge in [-0.05, 0) is 49.9 Å². The summed E-state index contributed by atoms with van der Waals surface area (Å²) in [6.45, 7) is 9.28. The molecule has 0 rings (SSSR count). The highest BCUT2D eigenvalue weighted by molar-refractivity contribution is 5.97. The Bertz CT molecular complexity index is 1460. The van der Waals surface area contributed by atoms with Crippen molar-refractivity contribution in [1.29, 1.82) is 5.41 Å². The summed E-state index contributed by atoms with van der Waals surface area (Å²) < 4.78 is 0. The van der Waals surface area contributed by atoms with E-state index in [-0.39, 0.29) is 62.9 Å². The number of aliphatic hydroxyl groups is 1. The van der Waals surface area contributed by atoms with E-state index in [2.05, 4.69) is 37.2 Å². The SMILES string of the molecule is CC(C)C[C@H](NC(=O)[C@H](CC(C)C)NC(=O)[C@H](CCCNC(=N)N)NC(=O)[C@H](CO)NC(=O)[C@@H](NC(=O)[C@H](CCC(N)=O)NC(=O)[C@@H](N)CC(=O)O)C(C)C)C(=O)O. The highest BCUT2D eigenvalue weighted by Crippen LogP contribution is 2.11. The van der Waals surface area contributed by atoms with E-state index >= 15 is 0 Å². The maximum atomic E-state index is 13.7. The molecule has 7 amide bonds. The summed E-state index contributed by atoms with van der Waals surface area (Å²) >= 11 is 0. The van der Waals surface area contributed by atoms with E-state index in [1.54, 1.807) is 27.7 Å². The van der Waals surface area contributed by atoms with Crippen LogP contribution in [-0.4, -0.2) is 130 Å². The summed E-state index contributed by atoms with van der Waals surface area (Å²) in [5, 5.41) is 53.1. The lowest BCUT2D eigenvalue weighted by Crippen LogP contribution is -2.61. The number of nitrogens with one attached hydrogen (secondary N) is 8. The van der Waals surface area contributed by atoms with Crippen LogP contribution in [0.2, 0.25) is 0 Å². The predicted octanol–water partition coefficient (Wildman–Crippen LogP) is -3.95. The molecule has 0 saturated carbocycles. The molecule has 58 heavy (non-hydrogen) atoms. The second kappa shape index (κ2) is 26.4. The number of carboxylic acids is 2. The molecule has 0 aliphatic carbocycles. The molecular formula is C35H63N11O12. The van der Waals surface area contributed by atoms with E-state index < -0.39 is 115 Å². The lowest BCUT2D eigenvalue weighted by atomic mass is 10.00. The molecule has 0 aromatic rings. The van der Waals surface area contributed by atoms with Crippen molar-refractivity contribution in [2.75, 3.05) is 13.2 Å². The molecule has 0 aromatic heterocycles. The number of aliphatic hydroxyl groups excluding tert-OH is 1. The van der Waals surface area contributed by atoms with Crippen LogP contribution < -0.4 is 54.4 Å². The van der Waals surface area contributed by atoms with Gasteiger partial charge in [0.15, 0.2) is 5.96 Å². The second-order valence-corrected chi connectivity index (χ2v) is 15.0. The normalized spacial score (nSPS) is 14.7. The van der Waals surface area contributed by atoms with Crippen molar-refractivity contribution in [3.63, 3.8) is 0 Å². The number of hydrogen-bond donors (Lipinski definition) is 14. The number of carbonyl (C=O) groups is 9. The van der Waals surface area contributed by atoms with Crippen molar-refractivity contribution < 1.29 is 58.5 Å². The molecule has 330 valence electrons. The molecule has 17 N–H and O–H groups in total. The third-order valence-corrected chi connectivity index (χ3v) is 8.39. The van der Waals surface area contributed by atoms with Crippen LogP contribution in [0.4, 0.5) is 0 Å². The van der Waals surface area contributed by atoms with Gasteiger partial charge in [-0.25, -0.2) is 4.79 Å². The minimum Gasteiger partial charge on any atom is -0.481 e. The molecule has 0 radical (unpaired) electrons. The molecule has 0 aromatic carbocycles. The molecule has 7 atom stereocenters. The fourth-order valence-electron chi connectivity index (χ4n) is 5.37. The molecule has 0 bridgehead atoms. The highest BCUT2D eigenvalue weighted by Gasteiger charge is 2.35. The van der Waals surface area contributed by atoms with Crippen molar-refractivity contribution in [1.82, 2.24) is 37.2 Å². The maximum absolute atomic E-state index is 13.7. The number of amides is 7. The van der Waals surface area contributed by atoms with Crippen LogP contribution in [0.25, 0.3) is 0 Å². The topological polar surface area (TPSA) is 400 Å². The number of hydrogen-bond acceptors (Lipinski definition) is 12. The van der Waals surface area contributed by atoms with Gasteiger partial charge in [-0.1, -0.05) is 41.5 Å². The number of primary amides is 1. The van der Waals surface area contributed by atoms with Crippen molar-refractivity contribution in [3.05, 3.63) is 0 Å². The third kappa shape index (κ3) is 21.1. The zero-order chi connectivity index (χ0) is 44.9. The van der Waals surface area contributed by atoms with Gasteiger partial charge in [0.1, 0.15) is 36.3 Å². The molecule has 0 heterocycles. The van der Waals surface area contributed by atoms with Gasteiger partial charge >= 0.3 is 11.9 Å². The summed E-state index contributed by atoms with van der Waals surface area (Å²) in [6.07, 6.45) is -1.22. The van der Waals surface area contributed by atoms with Crippen LogP contribution in [0.1, 0.15) is 86.5 Å². The van der Waals surface area contributed by atoms with Gasteiger partial charge in [0.2, 0.25) is 41.4 Å². The second-order valence-electron chi connectivity index (χ2n) is 15.0. The Morgan fingerprint density at radius 3 is 1.53 bits per heavy atom. The molecule has 23 heteroatoms. The van der Waals surface area contributed by atoms with Crippen molar-refractivity contribution in [2.45, 2.75) is 129 Å². The Kier molecular flexibility index (Phi) is 23.8. The summed E-state index contributed by atoms with van der Waals surface area (Å²) in [5.74, 6) is -10.4. The van der Waals surface area contributed by atoms with E-state index in [1.807, 2.05) is 0 Å². The van der Waals surface area contributed by atoms with Crippen LogP contribution in [0.15, 0.2) is 0 Å². The van der Waals surface area contributed by atoms with Gasteiger partial charge in [0.25, 0.3) is 0 Å². The van der Waals surface area contributed by atoms with Crippen LogP contribution in [0.3, 0.4) is 0 Å². The highest BCUT2D eigenvalue weighted by atomic mass is 16.4. The number of carbonyl (C=O) groups excluding carboxylic acids is 7. The van der Waals surface area contributed by atoms with Gasteiger partial charge < -0.3 is 69.7 Å². The summed E-state index contributed by atoms with van der Waals surface area (Å²) in [7, 11) is 0. The lowest BCUT2D eigenvalue weighted by Gasteiger charge is -2.28. The first kappa shape index (κ1) is 52.4. The monoisotopic (exact) mass is 829 g/mol. The first-order valence-electron chi connectivity index (χ1n) is 18.9. The van der Waals surface area contributed by atoms with E-state index in [0.717, 1.165) is 0 Å². The lowest BCUT2D eigenvalue weighted by molar-refractivity contribution is -0.143. The number of nitrogens with two attached hydrogens (primary N) is 3. The smallest absolute Gasteiger partial charge is 0.326 e. The maximum Gasteiger partial charge on any atom is 0.326 e. The van der Waals surface area contributed by atoms with E-state index in [0.29, 0.717) is 0 Å². The van der Waals surface area contributed by atoms with Crippen molar-refractivity contribution >= 4 is 59.2 Å². The summed E-state index contributed by atoms with van der Waals surface area (Å²) in [5.41, 5.74) is 16.1. The summed E-state index contributed by atoms with van der Waals surface area (Å²) in [4.78, 5) is 114. The van der Waals surface area contributed by atoms with E-state index in [1.165, 1.54) is 13.8 Å². The van der Waals surface area contributed by atoms with Crippen LogP contribution in [0, 0.1) is 23.2 Å². The Balaban J connectivity index is 6.25. The first-order chi connectivity index (χ1) is 26.9. The molecule has 0 aliphatic rings. The zero-order valence-corrected chi connectivity index (χ0v) is 33.9. The predicted molar refractivity (Wildman–Crippen MR) is 208 cm³/mol. The number of aliphatic carboxylic acids is 2. The fraction of sp³-hybridized carbons (Fsp3) is 0.714. The Morgan fingerprint density at radius 1 is 0.603 bits per heavy atom. The molecular weight excluding hydrogens is 766 g/mol. The quantitative estimate of drug-likeness (QED) is 0.0203. The number of guanidine groups is 1. The van der Waals surface area contributed by atoms with Crippen molar-refractivity contribution in [2.24, 2.45) is 35.0 Å². The first-order valence-corrected chi connectivity index (χ1v) is 18.9. The van der Waals surface area contributed by atoms with Gasteiger partial charge in [-0.3, -0.25) is 43.8 Å².